The van der Waals surface area contributed by atoms with Gasteiger partial charge in [-0.25, -0.2) is 4.98 Å². The molecular formula is C17H24Cl2N4O. The van der Waals surface area contributed by atoms with Gasteiger partial charge >= 0.3 is 0 Å². The number of para-hydroxylation sites is 2. The number of nitrogens with one attached hydrogen (secondary N) is 1. The maximum Gasteiger partial charge on any atom is 0.271 e. The van der Waals surface area contributed by atoms with Gasteiger partial charge in [0.2, 0.25) is 0 Å². The second kappa shape index (κ2) is 9.77. The van der Waals surface area contributed by atoms with E-state index in [9.17, 15) is 4.79 Å². The first-order chi connectivity index (χ1) is 10.8. The van der Waals surface area contributed by atoms with E-state index in [4.69, 9.17) is 5.73 Å². The van der Waals surface area contributed by atoms with Gasteiger partial charge in [-0.2, -0.15) is 0 Å². The Morgan fingerprint density at radius 3 is 2.50 bits per heavy atom. The highest BCUT2D eigenvalue weighted by atomic mass is 35.5. The Balaban J connectivity index is 0.00000144. The molecule has 1 saturated carbocycles. The summed E-state index contributed by atoms with van der Waals surface area (Å²) in [5.41, 5.74) is 7.75. The smallest absolute Gasteiger partial charge is 0.271 e. The number of carbonyl (C=O) groups excluding carboxylic acids is 1. The minimum Gasteiger partial charge on any atom is -0.346 e. The van der Waals surface area contributed by atoms with Crippen LogP contribution >= 0.6 is 24.8 Å². The van der Waals surface area contributed by atoms with E-state index in [1.54, 1.807) is 0 Å². The number of rotatable bonds is 4. The maximum atomic E-state index is 12.4. The normalized spacial score (nSPS) is 15.9. The van der Waals surface area contributed by atoms with Gasteiger partial charge in [-0.05, 0) is 30.9 Å². The minimum atomic E-state index is -0.181. The quantitative estimate of drug-likeness (QED) is 0.865. The SMILES string of the molecule is Cl.Cl.NCC(NC(=O)c1cnc2ccccc2n1)C1CCCCC1. The summed E-state index contributed by atoms with van der Waals surface area (Å²) in [7, 11) is 0. The molecule has 0 aliphatic heterocycles. The third-order valence-electron chi connectivity index (χ3n) is 4.47. The Bertz CT molecular complexity index is 662. The molecule has 1 atom stereocenters. The lowest BCUT2D eigenvalue weighted by molar-refractivity contribution is 0.0910. The van der Waals surface area contributed by atoms with E-state index in [1.807, 2.05) is 24.3 Å². The van der Waals surface area contributed by atoms with Crippen LogP contribution in [0.15, 0.2) is 30.5 Å². The lowest BCUT2D eigenvalue weighted by atomic mass is 9.84. The van der Waals surface area contributed by atoms with Gasteiger partial charge < -0.3 is 11.1 Å². The predicted molar refractivity (Wildman–Crippen MR) is 101 cm³/mol. The molecule has 0 saturated heterocycles. The van der Waals surface area contributed by atoms with Gasteiger partial charge in [0.25, 0.3) is 5.91 Å². The molecule has 1 unspecified atom stereocenters. The highest BCUT2D eigenvalue weighted by Crippen LogP contribution is 2.26. The number of nitrogens with two attached hydrogens (primary N) is 1. The highest BCUT2D eigenvalue weighted by molar-refractivity contribution is 5.94. The number of hydrogen-bond donors (Lipinski definition) is 2. The Kier molecular flexibility index (Phi) is 8.39. The zero-order chi connectivity index (χ0) is 15.4. The molecule has 3 rings (SSSR count). The van der Waals surface area contributed by atoms with Crippen molar-refractivity contribution in [2.24, 2.45) is 11.7 Å². The lowest BCUT2D eigenvalue weighted by Gasteiger charge is -2.29. The van der Waals surface area contributed by atoms with E-state index in [2.05, 4.69) is 15.3 Å². The lowest BCUT2D eigenvalue weighted by Crippen LogP contribution is -2.46. The van der Waals surface area contributed by atoms with Crippen LogP contribution in [0.3, 0.4) is 0 Å². The van der Waals surface area contributed by atoms with Gasteiger partial charge in [-0.15, -0.1) is 24.8 Å². The molecule has 1 amide bonds. The van der Waals surface area contributed by atoms with E-state index < -0.39 is 0 Å². The zero-order valence-corrected chi connectivity index (χ0v) is 15.1. The van der Waals surface area contributed by atoms with Crippen molar-refractivity contribution in [2.45, 2.75) is 38.1 Å². The Labute approximate surface area is 154 Å². The van der Waals surface area contributed by atoms with Crippen molar-refractivity contribution < 1.29 is 4.79 Å². The second-order valence-electron chi connectivity index (χ2n) is 5.96. The van der Waals surface area contributed by atoms with Crippen LogP contribution in [-0.2, 0) is 0 Å². The summed E-state index contributed by atoms with van der Waals surface area (Å²) in [4.78, 5) is 21.1. The molecular weight excluding hydrogens is 347 g/mol. The summed E-state index contributed by atoms with van der Waals surface area (Å²) < 4.78 is 0. The number of halogens is 2. The second-order valence-corrected chi connectivity index (χ2v) is 5.96. The molecule has 1 aliphatic carbocycles. The van der Waals surface area contributed by atoms with Crippen LogP contribution in [0.4, 0.5) is 0 Å². The number of benzene rings is 1. The van der Waals surface area contributed by atoms with E-state index in [-0.39, 0.29) is 36.8 Å². The largest absolute Gasteiger partial charge is 0.346 e. The average Bonchev–Trinajstić information content (AvgIpc) is 2.59. The standard InChI is InChI=1S/C17H22N4O.2ClH/c18-10-15(12-6-2-1-3-7-12)21-17(22)16-11-19-13-8-4-5-9-14(13)20-16;;/h4-5,8-9,11-12,15H,1-3,6-7,10,18H2,(H,21,22);2*1H. The van der Waals surface area contributed by atoms with Gasteiger partial charge in [-0.3, -0.25) is 9.78 Å². The minimum absolute atomic E-state index is 0. The molecule has 132 valence electrons. The van der Waals surface area contributed by atoms with Crippen molar-refractivity contribution in [3.05, 3.63) is 36.2 Å². The Morgan fingerprint density at radius 1 is 1.17 bits per heavy atom. The summed E-state index contributed by atoms with van der Waals surface area (Å²) in [6.07, 6.45) is 7.57. The van der Waals surface area contributed by atoms with Crippen LogP contribution in [0.25, 0.3) is 11.0 Å². The van der Waals surface area contributed by atoms with Crippen LogP contribution < -0.4 is 11.1 Å². The third-order valence-corrected chi connectivity index (χ3v) is 4.47. The van der Waals surface area contributed by atoms with Gasteiger partial charge in [-0.1, -0.05) is 31.4 Å². The van der Waals surface area contributed by atoms with Crippen molar-refractivity contribution >= 4 is 41.8 Å². The fourth-order valence-electron chi connectivity index (χ4n) is 3.21. The highest BCUT2D eigenvalue weighted by Gasteiger charge is 2.24. The molecule has 24 heavy (non-hydrogen) atoms. The van der Waals surface area contributed by atoms with Gasteiger partial charge in [0.05, 0.1) is 17.2 Å². The number of aromatic nitrogens is 2. The molecule has 0 bridgehead atoms. The van der Waals surface area contributed by atoms with Crippen LogP contribution in [0.1, 0.15) is 42.6 Å². The fraction of sp³-hybridized carbons (Fsp3) is 0.471. The third kappa shape index (κ3) is 4.79. The Hall–Kier alpha value is -1.43. The number of fused-ring (bicyclic) bond motifs is 1. The molecule has 1 aromatic heterocycles. The molecule has 1 heterocycles. The molecule has 2 aromatic rings. The van der Waals surface area contributed by atoms with Crippen LogP contribution in [0.2, 0.25) is 0 Å². The monoisotopic (exact) mass is 370 g/mol. The first-order valence-electron chi connectivity index (χ1n) is 8.00. The average molecular weight is 371 g/mol. The van der Waals surface area contributed by atoms with Gasteiger partial charge in [0, 0.05) is 12.6 Å². The van der Waals surface area contributed by atoms with Crippen LogP contribution in [0, 0.1) is 5.92 Å². The number of carbonyl (C=O) groups is 1. The van der Waals surface area contributed by atoms with Gasteiger partial charge in [0.15, 0.2) is 0 Å². The van der Waals surface area contributed by atoms with Crippen molar-refractivity contribution in [2.75, 3.05) is 6.54 Å². The molecule has 5 nitrogen and oxygen atoms in total. The van der Waals surface area contributed by atoms with Crippen molar-refractivity contribution in [3.8, 4) is 0 Å². The summed E-state index contributed by atoms with van der Waals surface area (Å²) in [5.74, 6) is 0.301. The molecule has 1 aliphatic rings. The molecule has 1 fully saturated rings. The predicted octanol–water partition coefficient (Wildman–Crippen LogP) is 3.11. The summed E-state index contributed by atoms with van der Waals surface area (Å²) in [5, 5.41) is 3.05. The summed E-state index contributed by atoms with van der Waals surface area (Å²) >= 11 is 0. The van der Waals surface area contributed by atoms with Crippen molar-refractivity contribution in [3.63, 3.8) is 0 Å². The first-order valence-corrected chi connectivity index (χ1v) is 8.00. The molecule has 0 radical (unpaired) electrons. The Morgan fingerprint density at radius 2 is 1.83 bits per heavy atom. The number of amides is 1. The fourth-order valence-corrected chi connectivity index (χ4v) is 3.21. The summed E-state index contributed by atoms with van der Waals surface area (Å²) in [6.45, 7) is 0.470. The van der Waals surface area contributed by atoms with Crippen LogP contribution in [-0.4, -0.2) is 28.5 Å². The summed E-state index contributed by atoms with van der Waals surface area (Å²) in [6, 6.07) is 7.57. The molecule has 0 spiro atoms. The van der Waals surface area contributed by atoms with E-state index in [0.29, 0.717) is 18.2 Å². The topological polar surface area (TPSA) is 80.9 Å². The first kappa shape index (κ1) is 20.6. The van der Waals surface area contributed by atoms with Crippen LogP contribution in [0.5, 0.6) is 0 Å². The number of hydrogen-bond acceptors (Lipinski definition) is 4. The van der Waals surface area contributed by atoms with E-state index in [1.165, 1.54) is 25.5 Å². The molecule has 7 heteroatoms. The van der Waals surface area contributed by atoms with E-state index >= 15 is 0 Å². The molecule has 1 aromatic carbocycles. The maximum absolute atomic E-state index is 12.4. The van der Waals surface area contributed by atoms with Crippen molar-refractivity contribution in [1.29, 1.82) is 0 Å². The van der Waals surface area contributed by atoms with E-state index in [0.717, 1.165) is 23.9 Å². The zero-order valence-electron chi connectivity index (χ0n) is 13.5. The van der Waals surface area contributed by atoms with Gasteiger partial charge in [0.1, 0.15) is 5.69 Å². The number of nitrogens with zero attached hydrogens (tertiary/aromatic N) is 2. The van der Waals surface area contributed by atoms with Crippen molar-refractivity contribution in [1.82, 2.24) is 15.3 Å². The molecule has 3 N–H and O–H groups in total.